The van der Waals surface area contributed by atoms with Gasteiger partial charge in [0, 0.05) is 24.4 Å². The second kappa shape index (κ2) is 9.21. The summed E-state index contributed by atoms with van der Waals surface area (Å²) in [4.78, 5) is 24.0. The van der Waals surface area contributed by atoms with Crippen LogP contribution in [0.15, 0.2) is 0 Å². The van der Waals surface area contributed by atoms with Crippen molar-refractivity contribution in [3.8, 4) is 0 Å². The Morgan fingerprint density at radius 2 is 1.75 bits per heavy atom. The molecule has 0 unspecified atom stereocenters. The van der Waals surface area contributed by atoms with Gasteiger partial charge in [0.25, 0.3) is 0 Å². The molecule has 0 spiro atoms. The Morgan fingerprint density at radius 1 is 1.14 bits per heavy atom. The van der Waals surface area contributed by atoms with Gasteiger partial charge in [0.1, 0.15) is 0 Å². The number of carbonyl (C=O) groups is 1. The van der Waals surface area contributed by atoms with E-state index in [2.05, 4.69) is 27.1 Å². The fraction of sp³-hybridized carbons (Fsp3) is 0.773. The third-order valence-electron chi connectivity index (χ3n) is 6.66. The summed E-state index contributed by atoms with van der Waals surface area (Å²) in [6, 6.07) is 0. The van der Waals surface area contributed by atoms with Gasteiger partial charge in [-0.2, -0.15) is 0 Å². The molecule has 0 radical (unpaired) electrons. The van der Waals surface area contributed by atoms with Gasteiger partial charge in [-0.15, -0.1) is 0 Å². The number of piperidine rings is 1. The molecule has 1 saturated carbocycles. The Morgan fingerprint density at radius 3 is 2.36 bits per heavy atom. The van der Waals surface area contributed by atoms with E-state index in [4.69, 9.17) is 5.73 Å². The summed E-state index contributed by atoms with van der Waals surface area (Å²) in [6.45, 7) is 9.57. The highest BCUT2D eigenvalue weighted by Gasteiger charge is 2.36. The summed E-state index contributed by atoms with van der Waals surface area (Å²) in [5.41, 5.74) is 8.48. The number of aryl methyl sites for hydroxylation is 2. The molecule has 1 amide bonds. The van der Waals surface area contributed by atoms with Gasteiger partial charge in [-0.3, -0.25) is 4.79 Å². The Balaban J connectivity index is 1.60. The van der Waals surface area contributed by atoms with E-state index in [0.29, 0.717) is 18.8 Å². The van der Waals surface area contributed by atoms with Crippen molar-refractivity contribution in [2.24, 2.45) is 5.92 Å². The van der Waals surface area contributed by atoms with Crippen LogP contribution in [0.5, 0.6) is 0 Å². The molecular weight excluding hydrogens is 350 g/mol. The fourth-order valence-corrected chi connectivity index (χ4v) is 4.92. The molecule has 2 fully saturated rings. The van der Waals surface area contributed by atoms with Gasteiger partial charge in [-0.05, 0) is 70.5 Å². The van der Waals surface area contributed by atoms with Crippen LogP contribution in [0.4, 0.5) is 5.95 Å². The number of carbonyl (C=O) groups excluding carboxylic acids is 1. The monoisotopic (exact) mass is 387 g/mol. The van der Waals surface area contributed by atoms with Crippen LogP contribution in [0.2, 0.25) is 0 Å². The van der Waals surface area contributed by atoms with Crippen molar-refractivity contribution < 1.29 is 4.79 Å². The minimum absolute atomic E-state index is 0.0440. The lowest BCUT2D eigenvalue weighted by Crippen LogP contribution is -2.57. The number of nitrogens with two attached hydrogens (primary N) is 1. The Kier molecular flexibility index (Phi) is 6.91. The van der Waals surface area contributed by atoms with Crippen molar-refractivity contribution in [2.75, 3.05) is 25.4 Å². The molecule has 2 aliphatic rings. The quantitative estimate of drug-likeness (QED) is 0.783. The summed E-state index contributed by atoms with van der Waals surface area (Å²) in [6.07, 6.45) is 9.63. The molecule has 1 aliphatic heterocycles. The summed E-state index contributed by atoms with van der Waals surface area (Å²) in [5, 5.41) is 3.47. The highest BCUT2D eigenvalue weighted by atomic mass is 16.1. The zero-order valence-electron chi connectivity index (χ0n) is 17.9. The molecule has 1 saturated heterocycles. The van der Waals surface area contributed by atoms with Crippen molar-refractivity contribution in [3.63, 3.8) is 0 Å². The molecular formula is C22H37N5O. The van der Waals surface area contributed by atoms with Crippen molar-refractivity contribution in [3.05, 3.63) is 17.0 Å². The van der Waals surface area contributed by atoms with E-state index in [0.717, 1.165) is 42.3 Å². The molecule has 6 nitrogen and oxygen atoms in total. The second-order valence-electron chi connectivity index (χ2n) is 9.08. The van der Waals surface area contributed by atoms with E-state index in [1.165, 1.54) is 45.2 Å². The van der Waals surface area contributed by atoms with E-state index in [1.807, 2.05) is 13.8 Å². The lowest BCUT2D eigenvalue weighted by atomic mass is 9.80. The van der Waals surface area contributed by atoms with Crippen LogP contribution in [0, 0.1) is 19.8 Å². The van der Waals surface area contributed by atoms with Crippen LogP contribution in [0.25, 0.3) is 0 Å². The minimum Gasteiger partial charge on any atom is -0.368 e. The van der Waals surface area contributed by atoms with Crippen LogP contribution < -0.4 is 11.1 Å². The molecule has 1 aromatic heterocycles. The van der Waals surface area contributed by atoms with Crippen LogP contribution in [-0.2, 0) is 11.2 Å². The average molecular weight is 388 g/mol. The standard InChI is InChI=1S/C22H37N5O/c1-16-9-13-27(14-10-16)15-22(11-5-4-6-12-22)26-20(28)8-7-19-17(2)24-21(23)25-18(19)3/h16H,4-15H2,1-3H3,(H,26,28)(H2,23,24,25). The predicted molar refractivity (Wildman–Crippen MR) is 113 cm³/mol. The van der Waals surface area contributed by atoms with Gasteiger partial charge in [-0.1, -0.05) is 26.2 Å². The number of nitrogens with zero attached hydrogens (tertiary/aromatic N) is 3. The summed E-state index contributed by atoms with van der Waals surface area (Å²) in [7, 11) is 0. The van der Waals surface area contributed by atoms with Crippen molar-refractivity contribution in [1.29, 1.82) is 0 Å². The average Bonchev–Trinajstić information content (AvgIpc) is 2.63. The maximum absolute atomic E-state index is 12.9. The molecule has 3 rings (SSSR count). The highest BCUT2D eigenvalue weighted by molar-refractivity contribution is 5.77. The van der Waals surface area contributed by atoms with E-state index in [1.54, 1.807) is 0 Å². The van der Waals surface area contributed by atoms with Crippen LogP contribution in [-0.4, -0.2) is 45.9 Å². The Bertz CT molecular complexity index is 652. The number of anilines is 1. The molecule has 1 aromatic rings. The smallest absolute Gasteiger partial charge is 0.220 e. The number of rotatable bonds is 6. The summed E-state index contributed by atoms with van der Waals surface area (Å²) in [5.74, 6) is 1.30. The van der Waals surface area contributed by atoms with Gasteiger partial charge in [0.05, 0.1) is 5.54 Å². The zero-order valence-corrected chi connectivity index (χ0v) is 17.9. The number of nitrogens with one attached hydrogen (secondary N) is 1. The molecule has 1 aliphatic carbocycles. The SMILES string of the molecule is Cc1nc(N)nc(C)c1CCC(=O)NC1(CN2CCC(C)CC2)CCCCC1. The molecule has 6 heteroatoms. The molecule has 2 heterocycles. The Labute approximate surface area is 169 Å². The van der Waals surface area contributed by atoms with E-state index in [-0.39, 0.29) is 11.4 Å². The predicted octanol–water partition coefficient (Wildman–Crippen LogP) is 3.16. The third-order valence-corrected chi connectivity index (χ3v) is 6.66. The van der Waals surface area contributed by atoms with Crippen molar-refractivity contribution >= 4 is 11.9 Å². The molecule has 3 N–H and O–H groups in total. The largest absolute Gasteiger partial charge is 0.368 e. The first-order chi connectivity index (χ1) is 13.4. The topological polar surface area (TPSA) is 84.1 Å². The molecule has 0 aromatic carbocycles. The van der Waals surface area contributed by atoms with Crippen molar-refractivity contribution in [1.82, 2.24) is 20.2 Å². The summed E-state index contributed by atoms with van der Waals surface area (Å²) < 4.78 is 0. The number of amides is 1. The Hall–Kier alpha value is -1.69. The van der Waals surface area contributed by atoms with Gasteiger partial charge in [-0.25, -0.2) is 9.97 Å². The van der Waals surface area contributed by atoms with Gasteiger partial charge in [0.2, 0.25) is 11.9 Å². The maximum Gasteiger partial charge on any atom is 0.220 e. The molecule has 156 valence electrons. The third kappa shape index (κ3) is 5.43. The number of likely N-dealkylation sites (tertiary alicyclic amines) is 1. The number of hydrogen-bond acceptors (Lipinski definition) is 5. The summed E-state index contributed by atoms with van der Waals surface area (Å²) >= 11 is 0. The molecule has 0 bridgehead atoms. The fourth-order valence-electron chi connectivity index (χ4n) is 4.92. The first-order valence-corrected chi connectivity index (χ1v) is 11.0. The van der Waals surface area contributed by atoms with Crippen molar-refractivity contribution in [2.45, 2.75) is 84.1 Å². The van der Waals surface area contributed by atoms with Crippen LogP contribution in [0.3, 0.4) is 0 Å². The normalized spacial score (nSPS) is 20.8. The molecule has 28 heavy (non-hydrogen) atoms. The zero-order chi connectivity index (χ0) is 20.1. The number of aromatic nitrogens is 2. The minimum atomic E-state index is -0.0440. The highest BCUT2D eigenvalue weighted by Crippen LogP contribution is 2.31. The molecule has 0 atom stereocenters. The second-order valence-corrected chi connectivity index (χ2v) is 9.08. The first-order valence-electron chi connectivity index (χ1n) is 11.0. The lowest BCUT2D eigenvalue weighted by Gasteiger charge is -2.43. The van der Waals surface area contributed by atoms with Crippen LogP contribution in [0.1, 0.15) is 75.2 Å². The lowest BCUT2D eigenvalue weighted by molar-refractivity contribution is -0.123. The van der Waals surface area contributed by atoms with E-state index in [9.17, 15) is 4.79 Å². The van der Waals surface area contributed by atoms with Crippen LogP contribution >= 0.6 is 0 Å². The van der Waals surface area contributed by atoms with Gasteiger partial charge in [0.15, 0.2) is 0 Å². The van der Waals surface area contributed by atoms with Gasteiger partial charge < -0.3 is 16.0 Å². The number of nitrogen functional groups attached to an aromatic ring is 1. The van der Waals surface area contributed by atoms with E-state index < -0.39 is 0 Å². The van der Waals surface area contributed by atoms with Gasteiger partial charge >= 0.3 is 0 Å². The van der Waals surface area contributed by atoms with E-state index >= 15 is 0 Å². The maximum atomic E-state index is 12.9. The number of hydrogen-bond donors (Lipinski definition) is 2. The first kappa shape index (κ1) is 21.0.